The Kier molecular flexibility index (Phi) is 4.42. The average Bonchev–Trinajstić information content (AvgIpc) is 3.01. The zero-order valence-electron chi connectivity index (χ0n) is 12.9. The highest BCUT2D eigenvalue weighted by atomic mass is 19.1. The van der Waals surface area contributed by atoms with E-state index < -0.39 is 17.6 Å². The van der Waals surface area contributed by atoms with Gasteiger partial charge in [0.25, 0.3) is 5.56 Å². The maximum atomic E-state index is 13.7. The van der Waals surface area contributed by atoms with Crippen molar-refractivity contribution in [3.05, 3.63) is 62.8 Å². The zero-order chi connectivity index (χ0) is 17.3. The Balaban J connectivity index is 1.95. The molecule has 7 heteroatoms. The fraction of sp³-hybridized carbons (Fsp3) is 0.353. The van der Waals surface area contributed by atoms with Crippen LogP contribution in [0.1, 0.15) is 29.1 Å². The lowest BCUT2D eigenvalue weighted by atomic mass is 10.1. The summed E-state index contributed by atoms with van der Waals surface area (Å²) in [6.07, 6.45) is 2.31. The minimum absolute atomic E-state index is 0.133. The van der Waals surface area contributed by atoms with Crippen LogP contribution in [0.25, 0.3) is 0 Å². The normalized spacial score (nSPS) is 13.1. The first-order valence-electron chi connectivity index (χ1n) is 7.73. The van der Waals surface area contributed by atoms with Gasteiger partial charge in [0.1, 0.15) is 24.0 Å². The van der Waals surface area contributed by atoms with E-state index >= 15 is 0 Å². The SMILES string of the molecule is O=C(O)Cn1c(CCc2cc(F)ccc2F)nc(=O)c2c1CCC2. The number of nitrogens with zero attached hydrogens (tertiary/aromatic N) is 2. The molecule has 0 bridgehead atoms. The number of carboxylic acids is 1. The Morgan fingerprint density at radius 3 is 2.79 bits per heavy atom. The lowest BCUT2D eigenvalue weighted by molar-refractivity contribution is -0.137. The van der Waals surface area contributed by atoms with Crippen LogP contribution in [-0.4, -0.2) is 20.6 Å². The summed E-state index contributed by atoms with van der Waals surface area (Å²) in [5.41, 5.74) is 1.09. The standard InChI is InChI=1S/C17H16F2N2O3/c18-11-5-6-13(19)10(8-11)4-7-15-20-17(24)12-2-1-3-14(12)21(15)9-16(22)23/h5-6,8H,1-4,7,9H2,(H,22,23). The number of hydrogen-bond donors (Lipinski definition) is 1. The van der Waals surface area contributed by atoms with Crippen LogP contribution < -0.4 is 5.56 Å². The summed E-state index contributed by atoms with van der Waals surface area (Å²) in [6.45, 7) is -0.295. The van der Waals surface area contributed by atoms with Gasteiger partial charge in [-0.25, -0.2) is 8.78 Å². The molecule has 1 aromatic heterocycles. The lowest BCUT2D eigenvalue weighted by Crippen LogP contribution is -2.26. The maximum Gasteiger partial charge on any atom is 0.323 e. The van der Waals surface area contributed by atoms with Crippen molar-refractivity contribution in [2.24, 2.45) is 0 Å². The minimum atomic E-state index is -1.03. The molecule has 0 atom stereocenters. The van der Waals surface area contributed by atoms with Crippen molar-refractivity contribution < 1.29 is 18.7 Å². The van der Waals surface area contributed by atoms with Gasteiger partial charge in [-0.15, -0.1) is 0 Å². The lowest BCUT2D eigenvalue weighted by Gasteiger charge is -2.15. The van der Waals surface area contributed by atoms with Gasteiger partial charge in [-0.1, -0.05) is 0 Å². The smallest absolute Gasteiger partial charge is 0.323 e. The quantitative estimate of drug-likeness (QED) is 0.906. The third-order valence-corrected chi connectivity index (χ3v) is 4.23. The highest BCUT2D eigenvalue weighted by molar-refractivity contribution is 5.66. The maximum absolute atomic E-state index is 13.7. The number of hydrogen-bond acceptors (Lipinski definition) is 3. The second kappa shape index (κ2) is 6.51. The van der Waals surface area contributed by atoms with Gasteiger partial charge < -0.3 is 9.67 Å². The molecule has 0 saturated heterocycles. The van der Waals surface area contributed by atoms with Gasteiger partial charge in [-0.05, 0) is 49.4 Å². The fourth-order valence-corrected chi connectivity index (χ4v) is 3.15. The monoisotopic (exact) mass is 334 g/mol. The first-order chi connectivity index (χ1) is 11.5. The molecule has 1 heterocycles. The average molecular weight is 334 g/mol. The Morgan fingerprint density at radius 1 is 1.25 bits per heavy atom. The van der Waals surface area contributed by atoms with Gasteiger partial charge in [0.2, 0.25) is 0 Å². The Bertz CT molecular complexity index is 862. The molecule has 0 aliphatic heterocycles. The number of fused-ring (bicyclic) bond motifs is 1. The minimum Gasteiger partial charge on any atom is -0.480 e. The first-order valence-corrected chi connectivity index (χ1v) is 7.73. The molecule has 1 aliphatic rings. The van der Waals surface area contributed by atoms with E-state index in [9.17, 15) is 18.4 Å². The topological polar surface area (TPSA) is 72.2 Å². The number of rotatable bonds is 5. The van der Waals surface area contributed by atoms with Crippen molar-refractivity contribution in [1.29, 1.82) is 0 Å². The highest BCUT2D eigenvalue weighted by Gasteiger charge is 2.22. The summed E-state index contributed by atoms with van der Waals surface area (Å²) in [7, 11) is 0. The van der Waals surface area contributed by atoms with Crippen LogP contribution in [0.15, 0.2) is 23.0 Å². The molecule has 126 valence electrons. The van der Waals surface area contributed by atoms with Crippen LogP contribution in [-0.2, 0) is 37.0 Å². The number of halogens is 2. The summed E-state index contributed by atoms with van der Waals surface area (Å²) >= 11 is 0. The van der Waals surface area contributed by atoms with Crippen molar-refractivity contribution in [2.75, 3.05) is 0 Å². The summed E-state index contributed by atoms with van der Waals surface area (Å²) in [5.74, 6) is -1.82. The molecule has 0 spiro atoms. The van der Waals surface area contributed by atoms with Crippen LogP contribution >= 0.6 is 0 Å². The van der Waals surface area contributed by atoms with Gasteiger partial charge >= 0.3 is 5.97 Å². The molecule has 0 radical (unpaired) electrons. The molecule has 0 saturated carbocycles. The molecule has 24 heavy (non-hydrogen) atoms. The van der Waals surface area contributed by atoms with Crippen molar-refractivity contribution in [3.8, 4) is 0 Å². The number of aromatic nitrogens is 2. The molecule has 0 unspecified atom stereocenters. The van der Waals surface area contributed by atoms with Crippen molar-refractivity contribution in [2.45, 2.75) is 38.6 Å². The second-order valence-corrected chi connectivity index (χ2v) is 5.83. The van der Waals surface area contributed by atoms with E-state index in [0.717, 1.165) is 24.6 Å². The van der Waals surface area contributed by atoms with E-state index in [1.54, 1.807) is 0 Å². The van der Waals surface area contributed by atoms with E-state index in [4.69, 9.17) is 5.11 Å². The summed E-state index contributed by atoms with van der Waals surface area (Å²) in [4.78, 5) is 27.2. The molecular weight excluding hydrogens is 318 g/mol. The predicted molar refractivity (Wildman–Crippen MR) is 81.9 cm³/mol. The Hall–Kier alpha value is -2.57. The number of aliphatic carboxylic acids is 1. The van der Waals surface area contributed by atoms with Gasteiger partial charge in [0, 0.05) is 17.7 Å². The van der Waals surface area contributed by atoms with Crippen molar-refractivity contribution in [3.63, 3.8) is 0 Å². The predicted octanol–water partition coefficient (Wildman–Crippen LogP) is 1.88. The van der Waals surface area contributed by atoms with E-state index in [2.05, 4.69) is 4.98 Å². The van der Waals surface area contributed by atoms with E-state index in [1.807, 2.05) is 0 Å². The van der Waals surface area contributed by atoms with Crippen molar-refractivity contribution in [1.82, 2.24) is 9.55 Å². The molecule has 2 aromatic rings. The van der Waals surface area contributed by atoms with E-state index in [1.165, 1.54) is 4.57 Å². The second-order valence-electron chi connectivity index (χ2n) is 5.83. The van der Waals surface area contributed by atoms with Crippen molar-refractivity contribution >= 4 is 5.97 Å². The fourth-order valence-electron chi connectivity index (χ4n) is 3.15. The number of carboxylic acid groups (broad SMARTS) is 1. The molecule has 1 aromatic carbocycles. The zero-order valence-corrected chi connectivity index (χ0v) is 12.9. The molecule has 3 rings (SSSR count). The molecule has 1 N–H and O–H groups in total. The van der Waals surface area contributed by atoms with Crippen LogP contribution in [0.3, 0.4) is 0 Å². The first kappa shape index (κ1) is 16.3. The molecule has 0 fully saturated rings. The summed E-state index contributed by atoms with van der Waals surface area (Å²) < 4.78 is 28.5. The molecule has 0 amide bonds. The van der Waals surface area contributed by atoms with Crippen LogP contribution in [0.4, 0.5) is 8.78 Å². The van der Waals surface area contributed by atoms with Crippen LogP contribution in [0.2, 0.25) is 0 Å². The van der Waals surface area contributed by atoms with Gasteiger partial charge in [0.05, 0.1) is 0 Å². The molecule has 1 aliphatic carbocycles. The van der Waals surface area contributed by atoms with E-state index in [0.29, 0.717) is 29.9 Å². The largest absolute Gasteiger partial charge is 0.480 e. The number of carbonyl (C=O) groups is 1. The summed E-state index contributed by atoms with van der Waals surface area (Å²) in [5, 5.41) is 9.12. The molecular formula is C17H16F2N2O3. The van der Waals surface area contributed by atoms with Gasteiger partial charge in [-0.2, -0.15) is 4.98 Å². The van der Waals surface area contributed by atoms with Gasteiger partial charge in [0.15, 0.2) is 0 Å². The Morgan fingerprint density at radius 2 is 2.04 bits per heavy atom. The van der Waals surface area contributed by atoms with E-state index in [-0.39, 0.29) is 30.5 Å². The summed E-state index contributed by atoms with van der Waals surface area (Å²) in [6, 6.07) is 3.18. The number of benzene rings is 1. The van der Waals surface area contributed by atoms with Crippen LogP contribution in [0.5, 0.6) is 0 Å². The highest BCUT2D eigenvalue weighted by Crippen LogP contribution is 2.20. The Labute approximate surface area is 136 Å². The third-order valence-electron chi connectivity index (χ3n) is 4.23. The number of aryl methyl sites for hydroxylation is 2. The third kappa shape index (κ3) is 3.20. The van der Waals surface area contributed by atoms with Crippen LogP contribution in [0, 0.1) is 11.6 Å². The molecule has 5 nitrogen and oxygen atoms in total. The van der Waals surface area contributed by atoms with Gasteiger partial charge in [-0.3, -0.25) is 9.59 Å².